The van der Waals surface area contributed by atoms with Crippen LogP contribution in [0, 0.1) is 5.82 Å². The fourth-order valence-corrected chi connectivity index (χ4v) is 4.11. The molecule has 214 valence electrons. The number of carboxylic acid groups (broad SMARTS) is 1. The van der Waals surface area contributed by atoms with Crippen LogP contribution in [0.4, 0.5) is 14.9 Å². The fraction of sp³-hybridized carbons (Fsp3) is 0.355. The zero-order chi connectivity index (χ0) is 29.3. The van der Waals surface area contributed by atoms with Crippen molar-refractivity contribution < 1.29 is 33.3 Å². The zero-order valence-corrected chi connectivity index (χ0v) is 23.5. The smallest absolute Gasteiger partial charge is 0.408 e. The molecular weight excluding hydrogens is 515 g/mol. The topological polar surface area (TPSA) is 106 Å². The first-order valence-corrected chi connectivity index (χ1v) is 13.0. The molecule has 0 radical (unpaired) electrons. The summed E-state index contributed by atoms with van der Waals surface area (Å²) in [6, 6.07) is 17.0. The second kappa shape index (κ2) is 13.8. The predicted molar refractivity (Wildman–Crippen MR) is 152 cm³/mol. The van der Waals surface area contributed by atoms with Gasteiger partial charge in [-0.2, -0.15) is 0 Å². The van der Waals surface area contributed by atoms with Gasteiger partial charge in [-0.1, -0.05) is 36.4 Å². The molecule has 0 fully saturated rings. The van der Waals surface area contributed by atoms with Gasteiger partial charge in [-0.15, -0.1) is 0 Å². The lowest BCUT2D eigenvalue weighted by Crippen LogP contribution is -2.34. The molecule has 0 bridgehead atoms. The monoisotopic (exact) mass is 552 g/mol. The van der Waals surface area contributed by atoms with Crippen LogP contribution in [0.2, 0.25) is 0 Å². The summed E-state index contributed by atoms with van der Waals surface area (Å²) in [5, 5.41) is 15.2. The van der Waals surface area contributed by atoms with E-state index in [1.165, 1.54) is 0 Å². The van der Waals surface area contributed by atoms with Crippen LogP contribution in [0.25, 0.3) is 11.1 Å². The molecule has 3 rings (SSSR count). The largest absolute Gasteiger partial charge is 0.489 e. The van der Waals surface area contributed by atoms with Crippen LogP contribution >= 0.6 is 0 Å². The summed E-state index contributed by atoms with van der Waals surface area (Å²) in [6.45, 7) is 8.15. The summed E-state index contributed by atoms with van der Waals surface area (Å²) >= 11 is 0. The van der Waals surface area contributed by atoms with E-state index in [-0.39, 0.29) is 13.0 Å². The summed E-state index contributed by atoms with van der Waals surface area (Å²) in [5.74, 6) is -0.938. The first-order valence-electron chi connectivity index (χ1n) is 13.0. The number of hydrogen-bond donors (Lipinski definition) is 3. The first-order chi connectivity index (χ1) is 19.0. The lowest BCUT2D eigenvalue weighted by atomic mass is 9.97. The number of alkyl carbamates (subject to hydrolysis) is 1. The highest BCUT2D eigenvalue weighted by Gasteiger charge is 2.21. The van der Waals surface area contributed by atoms with E-state index in [1.807, 2.05) is 18.2 Å². The average molecular weight is 553 g/mol. The third-order valence-corrected chi connectivity index (χ3v) is 5.88. The van der Waals surface area contributed by atoms with E-state index >= 15 is 4.39 Å². The standard InChI is InChI=1S/C31H37FN2O6/c1-20(34-30(37)40-31(2,3)4)25-10-8-11-26(29(25)32)23-15-21(16-24(17-23)33-13-14-38-5)19-39-27-12-7-6-9-22(27)18-28(35)36/h6-12,15-17,20,33H,13-14,18-19H2,1-5H3,(H,34,37)(H,35,36). The van der Waals surface area contributed by atoms with Gasteiger partial charge in [0.2, 0.25) is 0 Å². The lowest BCUT2D eigenvalue weighted by Gasteiger charge is -2.22. The third kappa shape index (κ3) is 8.98. The molecule has 1 atom stereocenters. The third-order valence-electron chi connectivity index (χ3n) is 5.88. The van der Waals surface area contributed by atoms with Gasteiger partial charge < -0.3 is 30.0 Å². The Balaban J connectivity index is 1.91. The van der Waals surface area contributed by atoms with Gasteiger partial charge in [0.05, 0.1) is 19.1 Å². The second-order valence-corrected chi connectivity index (χ2v) is 10.4. The van der Waals surface area contributed by atoms with E-state index in [0.717, 1.165) is 11.3 Å². The molecule has 0 saturated heterocycles. The molecule has 0 aliphatic heterocycles. The normalized spacial score (nSPS) is 11.9. The molecule has 1 unspecified atom stereocenters. The molecule has 0 aliphatic carbocycles. The van der Waals surface area contributed by atoms with E-state index in [2.05, 4.69) is 10.6 Å². The van der Waals surface area contributed by atoms with Crippen molar-refractivity contribution in [3.8, 4) is 16.9 Å². The van der Waals surface area contributed by atoms with Gasteiger partial charge in [0.25, 0.3) is 0 Å². The Labute approximate surface area is 234 Å². The molecule has 0 saturated carbocycles. The molecule has 0 spiro atoms. The fourth-order valence-electron chi connectivity index (χ4n) is 4.11. The lowest BCUT2D eigenvalue weighted by molar-refractivity contribution is -0.136. The summed E-state index contributed by atoms with van der Waals surface area (Å²) in [5.41, 5.74) is 2.69. The van der Waals surface area contributed by atoms with Crippen molar-refractivity contribution in [2.24, 2.45) is 0 Å². The molecule has 3 aromatic carbocycles. The number of carboxylic acids is 1. The number of hydrogen-bond acceptors (Lipinski definition) is 6. The minimum atomic E-state index is -0.951. The highest BCUT2D eigenvalue weighted by atomic mass is 19.1. The zero-order valence-electron chi connectivity index (χ0n) is 23.5. The number of nitrogens with one attached hydrogen (secondary N) is 2. The predicted octanol–water partition coefficient (Wildman–Crippen LogP) is 6.34. The van der Waals surface area contributed by atoms with Crippen molar-refractivity contribution in [3.63, 3.8) is 0 Å². The van der Waals surface area contributed by atoms with Gasteiger partial charge in [0, 0.05) is 36.0 Å². The summed E-state index contributed by atoms with van der Waals surface area (Å²) in [6.07, 6.45) is -0.787. The SMILES string of the molecule is COCCNc1cc(COc2ccccc2CC(=O)O)cc(-c2cccc(C(C)NC(=O)OC(C)(C)C)c2F)c1. The molecule has 3 aromatic rings. The molecule has 3 N–H and O–H groups in total. The van der Waals surface area contributed by atoms with Crippen LogP contribution in [0.5, 0.6) is 5.75 Å². The highest BCUT2D eigenvalue weighted by Crippen LogP contribution is 2.32. The Morgan fingerprint density at radius 2 is 1.80 bits per heavy atom. The number of carbonyl (C=O) groups excluding carboxylic acids is 1. The number of ether oxygens (including phenoxy) is 3. The van der Waals surface area contributed by atoms with Crippen LogP contribution in [-0.4, -0.2) is 43.0 Å². The molecule has 8 nitrogen and oxygen atoms in total. The van der Waals surface area contributed by atoms with E-state index in [9.17, 15) is 14.7 Å². The highest BCUT2D eigenvalue weighted by molar-refractivity contribution is 5.72. The second-order valence-electron chi connectivity index (χ2n) is 10.4. The van der Waals surface area contributed by atoms with E-state index in [1.54, 1.807) is 77.3 Å². The van der Waals surface area contributed by atoms with Gasteiger partial charge >= 0.3 is 12.1 Å². The number of anilines is 1. The first kappa shape index (κ1) is 30.4. The van der Waals surface area contributed by atoms with E-state index < -0.39 is 29.5 Å². The van der Waals surface area contributed by atoms with E-state index in [4.69, 9.17) is 14.2 Å². The quantitative estimate of drug-likeness (QED) is 0.225. The van der Waals surface area contributed by atoms with E-state index in [0.29, 0.717) is 41.2 Å². The number of aliphatic carboxylic acids is 1. The molecule has 0 aromatic heterocycles. The minimum Gasteiger partial charge on any atom is -0.489 e. The molecule has 40 heavy (non-hydrogen) atoms. The maximum atomic E-state index is 15.9. The van der Waals surface area contributed by atoms with Crippen LogP contribution < -0.4 is 15.4 Å². The van der Waals surface area contributed by atoms with Gasteiger partial charge in [-0.3, -0.25) is 4.79 Å². The average Bonchev–Trinajstić information content (AvgIpc) is 2.87. The van der Waals surface area contributed by atoms with Gasteiger partial charge in [-0.25, -0.2) is 9.18 Å². The number of para-hydroxylation sites is 1. The van der Waals surface area contributed by atoms with Crippen LogP contribution in [0.15, 0.2) is 60.7 Å². The van der Waals surface area contributed by atoms with Crippen molar-refractivity contribution >= 4 is 17.7 Å². The van der Waals surface area contributed by atoms with Gasteiger partial charge in [0.15, 0.2) is 0 Å². The number of carbonyl (C=O) groups is 2. The van der Waals surface area contributed by atoms with Crippen molar-refractivity contribution in [2.75, 3.05) is 25.6 Å². The van der Waals surface area contributed by atoms with Gasteiger partial charge in [0.1, 0.15) is 23.8 Å². The number of rotatable bonds is 12. The number of halogens is 1. The summed E-state index contributed by atoms with van der Waals surface area (Å²) in [4.78, 5) is 23.5. The van der Waals surface area contributed by atoms with Crippen molar-refractivity contribution in [1.82, 2.24) is 5.32 Å². The Bertz CT molecular complexity index is 1320. The van der Waals surface area contributed by atoms with Crippen LogP contribution in [-0.2, 0) is 27.3 Å². The number of benzene rings is 3. The van der Waals surface area contributed by atoms with Crippen LogP contribution in [0.1, 0.15) is 50.4 Å². The summed E-state index contributed by atoms with van der Waals surface area (Å²) in [7, 11) is 1.61. The maximum absolute atomic E-state index is 15.9. The molecule has 1 amide bonds. The number of amides is 1. The molecule has 0 aliphatic rings. The van der Waals surface area contributed by atoms with Gasteiger partial charge in [-0.05, 0) is 63.1 Å². The van der Waals surface area contributed by atoms with Crippen molar-refractivity contribution in [3.05, 3.63) is 83.2 Å². The Kier molecular flexibility index (Phi) is 10.5. The van der Waals surface area contributed by atoms with Crippen molar-refractivity contribution in [1.29, 1.82) is 0 Å². The Morgan fingerprint density at radius 3 is 2.50 bits per heavy atom. The maximum Gasteiger partial charge on any atom is 0.408 e. The Hall–Kier alpha value is -4.11. The summed E-state index contributed by atoms with van der Waals surface area (Å²) < 4.78 is 32.3. The minimum absolute atomic E-state index is 0.140. The van der Waals surface area contributed by atoms with Crippen molar-refractivity contribution in [2.45, 2.75) is 52.4 Å². The number of methoxy groups -OCH3 is 1. The molecule has 9 heteroatoms. The molecule has 0 heterocycles. The molecular formula is C31H37FN2O6. The van der Waals surface area contributed by atoms with Crippen LogP contribution in [0.3, 0.4) is 0 Å². The Morgan fingerprint density at radius 1 is 1.05 bits per heavy atom.